The maximum absolute atomic E-state index is 9.86. The van der Waals surface area contributed by atoms with Crippen molar-refractivity contribution >= 4 is 0 Å². The third kappa shape index (κ3) is 2.96. The minimum Gasteiger partial charge on any atom is -0.393 e. The Morgan fingerprint density at radius 3 is 2.50 bits per heavy atom. The summed E-state index contributed by atoms with van der Waals surface area (Å²) in [6.45, 7) is 11.1. The number of aliphatic hydroxyl groups is 1. The van der Waals surface area contributed by atoms with Crippen LogP contribution in [0.3, 0.4) is 0 Å². The molecule has 2 nitrogen and oxygen atoms in total. The van der Waals surface area contributed by atoms with Crippen LogP contribution < -0.4 is 0 Å². The second-order valence-electron chi connectivity index (χ2n) is 5.52. The lowest BCUT2D eigenvalue weighted by Crippen LogP contribution is -2.51. The predicted molar refractivity (Wildman–Crippen MR) is 60.3 cm³/mol. The van der Waals surface area contributed by atoms with E-state index in [2.05, 4.69) is 32.6 Å². The average Bonchev–Trinajstić information content (AvgIpc) is 2.07. The highest BCUT2D eigenvalue weighted by Crippen LogP contribution is 2.26. The van der Waals surface area contributed by atoms with E-state index < -0.39 is 0 Å². The van der Waals surface area contributed by atoms with Crippen molar-refractivity contribution in [3.8, 4) is 0 Å². The first-order chi connectivity index (χ1) is 6.45. The van der Waals surface area contributed by atoms with Crippen molar-refractivity contribution in [2.75, 3.05) is 13.1 Å². The summed E-state index contributed by atoms with van der Waals surface area (Å²) in [5.74, 6) is 0.493. The summed E-state index contributed by atoms with van der Waals surface area (Å²) < 4.78 is 0. The number of rotatable bonds is 2. The van der Waals surface area contributed by atoms with Crippen LogP contribution in [0.2, 0.25) is 0 Å². The Morgan fingerprint density at radius 1 is 1.36 bits per heavy atom. The van der Waals surface area contributed by atoms with E-state index in [0.717, 1.165) is 25.9 Å². The smallest absolute Gasteiger partial charge is 0.0592 e. The van der Waals surface area contributed by atoms with Crippen molar-refractivity contribution in [3.63, 3.8) is 0 Å². The first-order valence-corrected chi connectivity index (χ1v) is 5.88. The van der Waals surface area contributed by atoms with Crippen molar-refractivity contribution in [2.45, 2.75) is 58.6 Å². The Hall–Kier alpha value is -0.0800. The van der Waals surface area contributed by atoms with Gasteiger partial charge in [-0.25, -0.2) is 0 Å². The summed E-state index contributed by atoms with van der Waals surface area (Å²) >= 11 is 0. The molecule has 14 heavy (non-hydrogen) atoms. The quantitative estimate of drug-likeness (QED) is 0.737. The van der Waals surface area contributed by atoms with Gasteiger partial charge in [-0.15, -0.1) is 0 Å². The number of hydrogen-bond donors (Lipinski definition) is 1. The maximum Gasteiger partial charge on any atom is 0.0592 e. The standard InChI is InChI=1S/C12H25NO/c1-5-6-10-9-13(12(2,3)4)8-7-11(10)14/h10-11,14H,5-9H2,1-4H3/t10-,11+/m0/s1. The SMILES string of the molecule is CCC[C@H]1CN(C(C)(C)C)CC[C@H]1O. The molecule has 0 amide bonds. The summed E-state index contributed by atoms with van der Waals surface area (Å²) in [4.78, 5) is 2.50. The molecule has 2 atom stereocenters. The fourth-order valence-electron chi connectivity index (χ4n) is 2.28. The van der Waals surface area contributed by atoms with E-state index in [1.54, 1.807) is 0 Å². The van der Waals surface area contributed by atoms with Crippen LogP contribution in [0.25, 0.3) is 0 Å². The normalized spacial score (nSPS) is 30.6. The molecular formula is C12H25NO. The van der Waals surface area contributed by atoms with E-state index >= 15 is 0 Å². The molecule has 1 aliphatic heterocycles. The molecule has 1 heterocycles. The van der Waals surface area contributed by atoms with Crippen molar-refractivity contribution in [2.24, 2.45) is 5.92 Å². The molecule has 1 rings (SSSR count). The van der Waals surface area contributed by atoms with Crippen LogP contribution in [-0.4, -0.2) is 34.7 Å². The Morgan fingerprint density at radius 2 is 2.00 bits per heavy atom. The first kappa shape index (κ1) is 12.0. The summed E-state index contributed by atoms with van der Waals surface area (Å²) in [5, 5.41) is 9.86. The van der Waals surface area contributed by atoms with Gasteiger partial charge >= 0.3 is 0 Å². The van der Waals surface area contributed by atoms with E-state index in [0.29, 0.717) is 5.92 Å². The van der Waals surface area contributed by atoms with Gasteiger partial charge in [0.15, 0.2) is 0 Å². The number of aliphatic hydroxyl groups excluding tert-OH is 1. The number of nitrogens with zero attached hydrogens (tertiary/aromatic N) is 1. The molecule has 0 spiro atoms. The van der Waals surface area contributed by atoms with Crippen molar-refractivity contribution in [1.82, 2.24) is 4.90 Å². The third-order valence-corrected chi connectivity index (χ3v) is 3.30. The Bertz CT molecular complexity index is 174. The maximum atomic E-state index is 9.86. The van der Waals surface area contributed by atoms with Crippen molar-refractivity contribution in [3.05, 3.63) is 0 Å². The van der Waals surface area contributed by atoms with E-state index in [4.69, 9.17) is 0 Å². The van der Waals surface area contributed by atoms with Crippen LogP contribution >= 0.6 is 0 Å². The number of likely N-dealkylation sites (tertiary alicyclic amines) is 1. The fraction of sp³-hybridized carbons (Fsp3) is 1.00. The van der Waals surface area contributed by atoms with Gasteiger partial charge in [-0.1, -0.05) is 13.3 Å². The molecule has 2 heteroatoms. The molecule has 0 aromatic carbocycles. The van der Waals surface area contributed by atoms with Gasteiger partial charge < -0.3 is 5.11 Å². The van der Waals surface area contributed by atoms with Crippen LogP contribution in [0.5, 0.6) is 0 Å². The lowest BCUT2D eigenvalue weighted by atomic mass is 9.88. The zero-order valence-corrected chi connectivity index (χ0v) is 10.1. The van der Waals surface area contributed by atoms with Crippen LogP contribution in [0.4, 0.5) is 0 Å². The van der Waals surface area contributed by atoms with Crippen molar-refractivity contribution in [1.29, 1.82) is 0 Å². The molecule has 0 aliphatic carbocycles. The van der Waals surface area contributed by atoms with Gasteiger partial charge in [0, 0.05) is 18.6 Å². The zero-order valence-electron chi connectivity index (χ0n) is 10.1. The molecule has 1 aliphatic rings. The van der Waals surface area contributed by atoms with E-state index in [9.17, 15) is 5.11 Å². The van der Waals surface area contributed by atoms with Gasteiger partial charge in [0.2, 0.25) is 0 Å². The second-order valence-corrected chi connectivity index (χ2v) is 5.52. The van der Waals surface area contributed by atoms with Crippen LogP contribution in [0.1, 0.15) is 47.0 Å². The van der Waals surface area contributed by atoms with Crippen LogP contribution in [0.15, 0.2) is 0 Å². The van der Waals surface area contributed by atoms with Gasteiger partial charge in [0.05, 0.1) is 6.10 Å². The molecular weight excluding hydrogens is 174 g/mol. The third-order valence-electron chi connectivity index (χ3n) is 3.30. The van der Waals surface area contributed by atoms with Crippen LogP contribution in [-0.2, 0) is 0 Å². The van der Waals surface area contributed by atoms with E-state index in [-0.39, 0.29) is 11.6 Å². The van der Waals surface area contributed by atoms with Gasteiger partial charge in [0.25, 0.3) is 0 Å². The minimum atomic E-state index is -0.0615. The Balaban J connectivity index is 2.53. The van der Waals surface area contributed by atoms with E-state index in [1.165, 1.54) is 6.42 Å². The molecule has 0 saturated carbocycles. The average molecular weight is 199 g/mol. The highest BCUT2D eigenvalue weighted by Gasteiger charge is 2.32. The minimum absolute atomic E-state index is 0.0615. The summed E-state index contributed by atoms with van der Waals surface area (Å²) in [5.41, 5.74) is 0.256. The molecule has 0 radical (unpaired) electrons. The Kier molecular flexibility index (Phi) is 3.96. The zero-order chi connectivity index (χ0) is 10.8. The summed E-state index contributed by atoms with van der Waals surface area (Å²) in [7, 11) is 0. The predicted octanol–water partition coefficient (Wildman–Crippen LogP) is 2.27. The van der Waals surface area contributed by atoms with Gasteiger partial charge in [0.1, 0.15) is 0 Å². The Labute approximate surface area is 88.3 Å². The molecule has 0 aromatic rings. The molecule has 0 aromatic heterocycles. The molecule has 1 saturated heterocycles. The van der Waals surface area contributed by atoms with Crippen LogP contribution in [0, 0.1) is 5.92 Å². The molecule has 0 bridgehead atoms. The molecule has 0 unspecified atom stereocenters. The monoisotopic (exact) mass is 199 g/mol. The number of hydrogen-bond acceptors (Lipinski definition) is 2. The number of piperidine rings is 1. The topological polar surface area (TPSA) is 23.5 Å². The van der Waals surface area contributed by atoms with Crippen molar-refractivity contribution < 1.29 is 5.11 Å². The largest absolute Gasteiger partial charge is 0.393 e. The van der Waals surface area contributed by atoms with Gasteiger partial charge in [-0.3, -0.25) is 4.90 Å². The van der Waals surface area contributed by atoms with Gasteiger partial charge in [-0.2, -0.15) is 0 Å². The molecule has 1 N–H and O–H groups in total. The highest BCUT2D eigenvalue weighted by molar-refractivity contribution is 4.86. The van der Waals surface area contributed by atoms with Gasteiger partial charge in [-0.05, 0) is 39.5 Å². The van der Waals surface area contributed by atoms with E-state index in [1.807, 2.05) is 0 Å². The lowest BCUT2D eigenvalue weighted by molar-refractivity contribution is -0.0112. The summed E-state index contributed by atoms with van der Waals surface area (Å²) in [6.07, 6.45) is 3.23. The lowest BCUT2D eigenvalue weighted by Gasteiger charge is -2.43. The summed E-state index contributed by atoms with van der Waals surface area (Å²) in [6, 6.07) is 0. The fourth-order valence-corrected chi connectivity index (χ4v) is 2.28. The first-order valence-electron chi connectivity index (χ1n) is 5.88. The highest BCUT2D eigenvalue weighted by atomic mass is 16.3. The molecule has 1 fully saturated rings. The second kappa shape index (κ2) is 4.63. The molecule has 84 valence electrons.